The number of fused-ring (bicyclic) bond motifs is 5. The number of thiophene rings is 1. The van der Waals surface area contributed by atoms with Crippen LogP contribution in [0.5, 0.6) is 0 Å². The molecule has 1 aliphatic carbocycles. The summed E-state index contributed by atoms with van der Waals surface area (Å²) in [6.07, 6.45) is 8.44. The van der Waals surface area contributed by atoms with Crippen molar-refractivity contribution in [2.75, 3.05) is 6.61 Å². The van der Waals surface area contributed by atoms with E-state index in [2.05, 4.69) is 16.9 Å². The second kappa shape index (κ2) is 8.33. The summed E-state index contributed by atoms with van der Waals surface area (Å²) in [6, 6.07) is 0. The Morgan fingerprint density at radius 2 is 2.04 bits per heavy atom. The number of hydrogen-bond acceptors (Lipinski definition) is 7. The fourth-order valence-corrected chi connectivity index (χ4v) is 6.06. The Hall–Kier alpha value is -1.73. The van der Waals surface area contributed by atoms with Crippen LogP contribution in [0.25, 0.3) is 20.4 Å². The van der Waals surface area contributed by atoms with Crippen molar-refractivity contribution >= 4 is 49.5 Å². The van der Waals surface area contributed by atoms with Crippen molar-refractivity contribution in [2.45, 2.75) is 69.6 Å². The Labute approximate surface area is 173 Å². The van der Waals surface area contributed by atoms with E-state index in [1.54, 1.807) is 17.7 Å². The van der Waals surface area contributed by atoms with Crippen molar-refractivity contribution < 1.29 is 9.53 Å². The number of hydrogen-bond donors (Lipinski definition) is 0. The van der Waals surface area contributed by atoms with Gasteiger partial charge in [0.05, 0.1) is 16.8 Å². The summed E-state index contributed by atoms with van der Waals surface area (Å²) in [5.41, 5.74) is 5.15. The van der Waals surface area contributed by atoms with Gasteiger partial charge in [-0.25, -0.2) is 15.0 Å². The van der Waals surface area contributed by atoms with Crippen LogP contribution >= 0.6 is 23.1 Å². The molecule has 3 aromatic heterocycles. The first-order valence-corrected chi connectivity index (χ1v) is 11.7. The molecule has 0 spiro atoms. The van der Waals surface area contributed by atoms with E-state index in [0.717, 1.165) is 45.8 Å². The van der Waals surface area contributed by atoms with Crippen molar-refractivity contribution in [2.24, 2.45) is 0 Å². The number of aryl methyl sites for hydroxylation is 2. The van der Waals surface area contributed by atoms with E-state index in [0.29, 0.717) is 6.61 Å². The van der Waals surface area contributed by atoms with E-state index in [9.17, 15) is 4.79 Å². The highest BCUT2D eigenvalue weighted by atomic mass is 32.2. The lowest BCUT2D eigenvalue weighted by Gasteiger charge is -2.19. The van der Waals surface area contributed by atoms with Gasteiger partial charge in [0.25, 0.3) is 0 Å². The first-order chi connectivity index (χ1) is 13.6. The molecule has 0 saturated heterocycles. The van der Waals surface area contributed by atoms with Gasteiger partial charge in [-0.15, -0.1) is 11.3 Å². The van der Waals surface area contributed by atoms with Crippen LogP contribution in [0, 0.1) is 0 Å². The zero-order chi connectivity index (χ0) is 19.7. The molecule has 0 radical (unpaired) electrons. The maximum Gasteiger partial charge on any atom is 0.319 e. The number of carbonyl (C=O) groups excluding carboxylic acids is 1. The van der Waals surface area contributed by atoms with Crippen molar-refractivity contribution in [3.63, 3.8) is 0 Å². The molecule has 0 aromatic carbocycles. The number of aromatic nitrogens is 3. The quantitative estimate of drug-likeness (QED) is 0.316. The van der Waals surface area contributed by atoms with E-state index >= 15 is 0 Å². The molecule has 28 heavy (non-hydrogen) atoms. The second-order valence-electron chi connectivity index (χ2n) is 7.12. The van der Waals surface area contributed by atoms with Crippen LogP contribution in [0.1, 0.15) is 56.9 Å². The minimum Gasteiger partial charge on any atom is -0.465 e. The highest BCUT2D eigenvalue weighted by molar-refractivity contribution is 8.00. The molecule has 148 valence electrons. The van der Waals surface area contributed by atoms with Crippen molar-refractivity contribution in [3.8, 4) is 0 Å². The molecular weight excluding hydrogens is 390 g/mol. The molecule has 1 atom stereocenters. The molecule has 1 aliphatic rings. The summed E-state index contributed by atoms with van der Waals surface area (Å²) in [5.74, 6) is -0.207. The van der Waals surface area contributed by atoms with Gasteiger partial charge in [-0.1, -0.05) is 25.1 Å². The molecule has 7 heteroatoms. The summed E-state index contributed by atoms with van der Waals surface area (Å²) >= 11 is 3.10. The standard InChI is InChI=1S/C21H25N3O2S2/c1-4-8-15-13-9-6-7-10-14(13)16-17-18(28-19(16)24-15)20(23-11-22-17)27-12(3)21(25)26-5-2/h11-12H,4-10H2,1-3H3/t12-/m1/s1. The first kappa shape index (κ1) is 19.6. The lowest BCUT2D eigenvalue weighted by Crippen LogP contribution is -2.16. The summed E-state index contributed by atoms with van der Waals surface area (Å²) in [5, 5.41) is 1.75. The van der Waals surface area contributed by atoms with Crippen LogP contribution in [0.15, 0.2) is 11.4 Å². The fourth-order valence-electron chi connectivity index (χ4n) is 3.92. The Morgan fingerprint density at radius 3 is 2.79 bits per heavy atom. The van der Waals surface area contributed by atoms with E-state index in [4.69, 9.17) is 9.72 Å². The third kappa shape index (κ3) is 3.50. The average molecular weight is 416 g/mol. The normalized spacial score (nSPS) is 15.0. The van der Waals surface area contributed by atoms with Crippen LogP contribution in [-0.2, 0) is 28.8 Å². The molecule has 0 bridgehead atoms. The van der Waals surface area contributed by atoms with Gasteiger partial charge in [-0.3, -0.25) is 4.79 Å². The smallest absolute Gasteiger partial charge is 0.319 e. The molecule has 5 nitrogen and oxygen atoms in total. The summed E-state index contributed by atoms with van der Waals surface area (Å²) in [6.45, 7) is 6.29. The monoisotopic (exact) mass is 415 g/mol. The third-order valence-electron chi connectivity index (χ3n) is 5.17. The lowest BCUT2D eigenvalue weighted by molar-refractivity contribution is -0.142. The number of carbonyl (C=O) groups is 1. The highest BCUT2D eigenvalue weighted by Crippen LogP contribution is 2.42. The Balaban J connectivity index is 1.85. The van der Waals surface area contributed by atoms with Crippen LogP contribution in [-0.4, -0.2) is 32.8 Å². The molecule has 4 rings (SSSR count). The van der Waals surface area contributed by atoms with Crippen molar-refractivity contribution in [3.05, 3.63) is 23.1 Å². The SMILES string of the molecule is CCCc1nc2sc3c(S[C@H](C)C(=O)OCC)ncnc3c2c2c1CCCC2. The van der Waals surface area contributed by atoms with Gasteiger partial charge in [0, 0.05) is 11.1 Å². The fraction of sp³-hybridized carbons (Fsp3) is 0.524. The van der Waals surface area contributed by atoms with Gasteiger partial charge >= 0.3 is 5.97 Å². The third-order valence-corrected chi connectivity index (χ3v) is 7.46. The number of nitrogens with zero attached hydrogens (tertiary/aromatic N) is 3. The molecule has 0 aliphatic heterocycles. The van der Waals surface area contributed by atoms with Gasteiger partial charge in [-0.05, 0) is 57.1 Å². The molecule has 0 fully saturated rings. The Bertz CT molecular complexity index is 1030. The minimum absolute atomic E-state index is 0.207. The maximum atomic E-state index is 12.1. The second-order valence-corrected chi connectivity index (χ2v) is 9.45. The first-order valence-electron chi connectivity index (χ1n) is 10.0. The van der Waals surface area contributed by atoms with E-state index in [-0.39, 0.29) is 11.2 Å². The average Bonchev–Trinajstić information content (AvgIpc) is 3.08. The molecule has 3 heterocycles. The van der Waals surface area contributed by atoms with Crippen LogP contribution in [0.4, 0.5) is 0 Å². The summed E-state index contributed by atoms with van der Waals surface area (Å²) in [7, 11) is 0. The Morgan fingerprint density at radius 1 is 1.25 bits per heavy atom. The number of esters is 1. The number of ether oxygens (including phenoxy) is 1. The zero-order valence-corrected chi connectivity index (χ0v) is 18.2. The van der Waals surface area contributed by atoms with Crippen LogP contribution in [0.2, 0.25) is 0 Å². The summed E-state index contributed by atoms with van der Waals surface area (Å²) < 4.78 is 6.19. The molecule has 0 unspecified atom stereocenters. The van der Waals surface area contributed by atoms with Crippen molar-refractivity contribution in [1.29, 1.82) is 0 Å². The number of rotatable bonds is 6. The molecule has 0 saturated carbocycles. The molecule has 0 amide bonds. The van der Waals surface area contributed by atoms with E-state index in [1.165, 1.54) is 46.8 Å². The minimum atomic E-state index is -0.305. The molecule has 3 aromatic rings. The molecular formula is C21H25N3O2S2. The maximum absolute atomic E-state index is 12.1. The van der Waals surface area contributed by atoms with Gasteiger partial charge in [-0.2, -0.15) is 0 Å². The highest BCUT2D eigenvalue weighted by Gasteiger charge is 2.24. The van der Waals surface area contributed by atoms with Gasteiger partial charge < -0.3 is 4.74 Å². The van der Waals surface area contributed by atoms with Gasteiger partial charge in [0.15, 0.2) is 0 Å². The number of pyridine rings is 1. The van der Waals surface area contributed by atoms with E-state index < -0.39 is 0 Å². The predicted octanol–water partition coefficient (Wildman–Crippen LogP) is 5.11. The summed E-state index contributed by atoms with van der Waals surface area (Å²) in [4.78, 5) is 27.3. The van der Waals surface area contributed by atoms with Gasteiger partial charge in [0.1, 0.15) is 21.4 Å². The van der Waals surface area contributed by atoms with E-state index in [1.807, 2.05) is 13.8 Å². The predicted molar refractivity (Wildman–Crippen MR) is 115 cm³/mol. The Kier molecular flexibility index (Phi) is 5.83. The van der Waals surface area contributed by atoms with Crippen LogP contribution in [0.3, 0.4) is 0 Å². The molecule has 0 N–H and O–H groups in total. The van der Waals surface area contributed by atoms with Crippen LogP contribution < -0.4 is 0 Å². The largest absolute Gasteiger partial charge is 0.465 e. The number of thioether (sulfide) groups is 1. The topological polar surface area (TPSA) is 65.0 Å². The zero-order valence-electron chi connectivity index (χ0n) is 16.6. The van der Waals surface area contributed by atoms with Crippen molar-refractivity contribution in [1.82, 2.24) is 15.0 Å². The lowest BCUT2D eigenvalue weighted by atomic mass is 9.88. The van der Waals surface area contributed by atoms with Gasteiger partial charge in [0.2, 0.25) is 0 Å².